The topological polar surface area (TPSA) is 54.9 Å². The number of amides is 1. The van der Waals surface area contributed by atoms with Gasteiger partial charge in [-0.25, -0.2) is 0 Å². The van der Waals surface area contributed by atoms with Crippen LogP contribution in [0.25, 0.3) is 11.4 Å². The predicted octanol–water partition coefficient (Wildman–Crippen LogP) is 3.84. The van der Waals surface area contributed by atoms with E-state index in [0.29, 0.717) is 17.4 Å². The van der Waals surface area contributed by atoms with Gasteiger partial charge in [0.25, 0.3) is 0 Å². The molecule has 3 rings (SSSR count). The highest BCUT2D eigenvalue weighted by Crippen LogP contribution is 2.20. The van der Waals surface area contributed by atoms with Crippen molar-refractivity contribution in [1.29, 1.82) is 0 Å². The molecule has 2 aromatic heterocycles. The van der Waals surface area contributed by atoms with Crippen molar-refractivity contribution in [1.82, 2.24) is 9.36 Å². The second-order valence-corrected chi connectivity index (χ2v) is 6.00. The lowest BCUT2D eigenvalue weighted by atomic mass is 10.2. The van der Waals surface area contributed by atoms with Crippen molar-refractivity contribution in [3.05, 3.63) is 52.7 Å². The molecule has 0 spiro atoms. The van der Waals surface area contributed by atoms with E-state index < -0.39 is 0 Å². The smallest absolute Gasteiger partial charge is 0.226 e. The molecule has 0 atom stereocenters. The number of aromatic nitrogens is 2. The molecule has 1 N–H and O–H groups in total. The van der Waals surface area contributed by atoms with E-state index in [1.54, 1.807) is 11.3 Å². The molecule has 0 saturated heterocycles. The lowest BCUT2D eigenvalue weighted by Crippen LogP contribution is -2.11. The third-order valence-corrected chi connectivity index (χ3v) is 4.29. The van der Waals surface area contributed by atoms with E-state index in [0.717, 1.165) is 12.0 Å². The SMILES string of the molecule is O=C(CCc1ccsc1)Nc1nc(-c2ccccc2)ns1. The van der Waals surface area contributed by atoms with E-state index in [1.165, 1.54) is 17.1 Å². The molecular formula is C15H13N3OS2. The van der Waals surface area contributed by atoms with Gasteiger partial charge in [-0.15, -0.1) is 0 Å². The number of benzene rings is 1. The zero-order valence-corrected chi connectivity index (χ0v) is 12.8. The Morgan fingerprint density at radius 2 is 2.05 bits per heavy atom. The minimum Gasteiger partial charge on any atom is -0.301 e. The Bertz CT molecular complexity index is 708. The molecule has 6 heteroatoms. The van der Waals surface area contributed by atoms with E-state index in [1.807, 2.05) is 41.8 Å². The van der Waals surface area contributed by atoms with Crippen LogP contribution in [-0.2, 0) is 11.2 Å². The summed E-state index contributed by atoms with van der Waals surface area (Å²) in [6.45, 7) is 0. The number of carbonyl (C=O) groups excluding carboxylic acids is 1. The predicted molar refractivity (Wildman–Crippen MR) is 86.6 cm³/mol. The van der Waals surface area contributed by atoms with Crippen LogP contribution in [0.1, 0.15) is 12.0 Å². The second kappa shape index (κ2) is 6.60. The van der Waals surface area contributed by atoms with E-state index in [2.05, 4.69) is 20.1 Å². The highest BCUT2D eigenvalue weighted by atomic mass is 32.1. The van der Waals surface area contributed by atoms with Gasteiger partial charge in [-0.3, -0.25) is 4.79 Å². The van der Waals surface area contributed by atoms with E-state index in [9.17, 15) is 4.79 Å². The molecule has 0 aliphatic heterocycles. The molecule has 0 aliphatic carbocycles. The van der Waals surface area contributed by atoms with Crippen molar-refractivity contribution in [2.45, 2.75) is 12.8 Å². The molecule has 0 radical (unpaired) electrons. The average Bonchev–Trinajstić information content (AvgIpc) is 3.17. The Morgan fingerprint density at radius 1 is 1.19 bits per heavy atom. The van der Waals surface area contributed by atoms with Crippen LogP contribution >= 0.6 is 22.9 Å². The Morgan fingerprint density at radius 3 is 2.81 bits per heavy atom. The molecule has 4 nitrogen and oxygen atoms in total. The van der Waals surface area contributed by atoms with Crippen LogP contribution in [0.3, 0.4) is 0 Å². The summed E-state index contributed by atoms with van der Waals surface area (Å²) in [6, 6.07) is 11.8. The van der Waals surface area contributed by atoms with Crippen LogP contribution < -0.4 is 5.32 Å². The zero-order valence-electron chi connectivity index (χ0n) is 11.2. The molecule has 0 saturated carbocycles. The first-order chi connectivity index (χ1) is 10.3. The van der Waals surface area contributed by atoms with E-state index in [-0.39, 0.29) is 5.91 Å². The molecule has 0 aliphatic rings. The van der Waals surface area contributed by atoms with Crippen molar-refractivity contribution in [2.75, 3.05) is 5.32 Å². The van der Waals surface area contributed by atoms with Crippen LogP contribution in [0.15, 0.2) is 47.2 Å². The number of rotatable bonds is 5. The standard InChI is InChI=1S/C15H13N3OS2/c19-13(7-6-11-8-9-20-10-11)16-15-17-14(18-21-15)12-4-2-1-3-5-12/h1-5,8-10H,6-7H2,(H,16,17,18,19). The zero-order chi connectivity index (χ0) is 14.5. The van der Waals surface area contributed by atoms with Gasteiger partial charge in [-0.2, -0.15) is 20.7 Å². The molecule has 3 aromatic rings. The van der Waals surface area contributed by atoms with Gasteiger partial charge in [0, 0.05) is 23.5 Å². The number of hydrogen-bond acceptors (Lipinski definition) is 5. The lowest BCUT2D eigenvalue weighted by Gasteiger charge is -1.99. The number of nitrogens with zero attached hydrogens (tertiary/aromatic N) is 2. The molecule has 1 amide bonds. The number of hydrogen-bond donors (Lipinski definition) is 1. The Labute approximate surface area is 130 Å². The Balaban J connectivity index is 1.58. The fraction of sp³-hybridized carbons (Fsp3) is 0.133. The van der Waals surface area contributed by atoms with Gasteiger partial charge in [-0.05, 0) is 28.8 Å². The van der Waals surface area contributed by atoms with Crippen LogP contribution in [-0.4, -0.2) is 15.3 Å². The Hall–Kier alpha value is -2.05. The largest absolute Gasteiger partial charge is 0.301 e. The van der Waals surface area contributed by atoms with Crippen molar-refractivity contribution >= 4 is 33.9 Å². The van der Waals surface area contributed by atoms with E-state index in [4.69, 9.17) is 0 Å². The minimum atomic E-state index is -0.0306. The van der Waals surface area contributed by atoms with Crippen LogP contribution in [0.5, 0.6) is 0 Å². The molecular weight excluding hydrogens is 302 g/mol. The maximum atomic E-state index is 11.9. The summed E-state index contributed by atoms with van der Waals surface area (Å²) < 4.78 is 4.27. The molecule has 106 valence electrons. The number of nitrogens with one attached hydrogen (secondary N) is 1. The summed E-state index contributed by atoms with van der Waals surface area (Å²) in [5.74, 6) is 0.616. The number of aryl methyl sites for hydroxylation is 1. The molecule has 1 aromatic carbocycles. The monoisotopic (exact) mass is 315 g/mol. The first-order valence-corrected chi connectivity index (χ1v) is 8.23. The minimum absolute atomic E-state index is 0.0306. The van der Waals surface area contributed by atoms with E-state index >= 15 is 0 Å². The molecule has 2 heterocycles. The summed E-state index contributed by atoms with van der Waals surface area (Å²) >= 11 is 2.85. The molecule has 0 fully saturated rings. The van der Waals surface area contributed by atoms with Crippen LogP contribution in [0.2, 0.25) is 0 Å². The number of anilines is 1. The van der Waals surface area contributed by atoms with Gasteiger partial charge >= 0.3 is 0 Å². The van der Waals surface area contributed by atoms with Crippen molar-refractivity contribution in [3.63, 3.8) is 0 Å². The summed E-state index contributed by atoms with van der Waals surface area (Å²) in [5.41, 5.74) is 2.14. The highest BCUT2D eigenvalue weighted by Gasteiger charge is 2.09. The van der Waals surface area contributed by atoms with Gasteiger partial charge < -0.3 is 5.32 Å². The first kappa shape index (κ1) is 13.9. The van der Waals surface area contributed by atoms with Gasteiger partial charge in [0.1, 0.15) is 0 Å². The lowest BCUT2D eigenvalue weighted by molar-refractivity contribution is -0.116. The third kappa shape index (κ3) is 3.74. The molecule has 0 bridgehead atoms. The number of carbonyl (C=O) groups is 1. The van der Waals surface area contributed by atoms with Crippen LogP contribution in [0, 0.1) is 0 Å². The molecule has 0 unspecified atom stereocenters. The van der Waals surface area contributed by atoms with Crippen molar-refractivity contribution in [3.8, 4) is 11.4 Å². The van der Waals surface area contributed by atoms with Crippen molar-refractivity contribution in [2.24, 2.45) is 0 Å². The second-order valence-electron chi connectivity index (χ2n) is 4.47. The van der Waals surface area contributed by atoms with Gasteiger partial charge in [0.05, 0.1) is 0 Å². The maximum absolute atomic E-state index is 11.9. The highest BCUT2D eigenvalue weighted by molar-refractivity contribution is 7.10. The summed E-state index contributed by atoms with van der Waals surface area (Å²) in [5, 5.41) is 7.43. The quantitative estimate of drug-likeness (QED) is 0.778. The van der Waals surface area contributed by atoms with Gasteiger partial charge in [0.15, 0.2) is 5.82 Å². The van der Waals surface area contributed by atoms with Gasteiger partial charge in [-0.1, -0.05) is 30.3 Å². The summed E-state index contributed by atoms with van der Waals surface area (Å²) in [6.07, 6.45) is 1.21. The van der Waals surface area contributed by atoms with Crippen molar-refractivity contribution < 1.29 is 4.79 Å². The Kier molecular flexibility index (Phi) is 4.37. The summed E-state index contributed by atoms with van der Waals surface area (Å²) in [4.78, 5) is 16.2. The fourth-order valence-corrected chi connectivity index (χ4v) is 3.16. The number of thiophene rings is 1. The third-order valence-electron chi connectivity index (χ3n) is 2.93. The maximum Gasteiger partial charge on any atom is 0.226 e. The van der Waals surface area contributed by atoms with Crippen LogP contribution in [0.4, 0.5) is 5.13 Å². The first-order valence-electron chi connectivity index (χ1n) is 6.51. The summed E-state index contributed by atoms with van der Waals surface area (Å²) in [7, 11) is 0. The fourth-order valence-electron chi connectivity index (χ4n) is 1.85. The van der Waals surface area contributed by atoms with Gasteiger partial charge in [0.2, 0.25) is 11.0 Å². The molecule has 21 heavy (non-hydrogen) atoms. The normalized spacial score (nSPS) is 10.5. The average molecular weight is 315 g/mol.